The maximum Gasteiger partial charge on any atom is 0.158 e. The number of phenolic OH excluding ortho intramolecular Hbond substituents is 1. The van der Waals surface area contributed by atoms with Crippen LogP contribution >= 0.6 is 11.5 Å². The molecule has 8 aromatic rings. The average Bonchev–Trinajstić information content (AvgIpc) is 3.60. The standard InChI is InChI=1S/C34H25N4OS.Pt/c1-34(2,3)21-16-17-35-30(19-21)37-25-10-5-4-8-23(25)24-15-14-20(18-27(24)37)22-9-6-11-26-32(22)36-33-31-28(39)12-7-13-29(31)40-38(26)33;/h4-17,19,39H,1-3H3;/q-1;. The van der Waals surface area contributed by atoms with Gasteiger partial charge in [-0.15, -0.1) is 23.8 Å². The van der Waals surface area contributed by atoms with Crippen LogP contribution in [0.15, 0.2) is 91.1 Å². The Balaban J connectivity index is 0.00000276. The van der Waals surface area contributed by atoms with Crippen molar-refractivity contribution in [3.63, 3.8) is 0 Å². The molecule has 0 fully saturated rings. The first kappa shape index (κ1) is 25.9. The molecule has 0 spiro atoms. The van der Waals surface area contributed by atoms with E-state index in [9.17, 15) is 5.11 Å². The summed E-state index contributed by atoms with van der Waals surface area (Å²) in [5.74, 6) is 1.14. The summed E-state index contributed by atoms with van der Waals surface area (Å²) >= 11 is 1.60. The van der Waals surface area contributed by atoms with Gasteiger partial charge in [0.25, 0.3) is 0 Å². The topological polar surface area (TPSA) is 55.3 Å². The number of rotatable bonds is 2. The molecular weight excluding hydrogens is 708 g/mol. The number of pyridine rings is 1. The van der Waals surface area contributed by atoms with Gasteiger partial charge in [0.1, 0.15) is 11.6 Å². The third-order valence-corrected chi connectivity index (χ3v) is 8.86. The van der Waals surface area contributed by atoms with Crippen molar-refractivity contribution in [3.05, 3.63) is 103 Å². The maximum absolute atomic E-state index is 10.6. The predicted molar refractivity (Wildman–Crippen MR) is 165 cm³/mol. The molecule has 4 aromatic carbocycles. The minimum Gasteiger partial charge on any atom is -0.507 e. The summed E-state index contributed by atoms with van der Waals surface area (Å²) in [4.78, 5) is 9.87. The van der Waals surface area contributed by atoms with E-state index in [2.05, 4.69) is 102 Å². The average molecular weight is 733 g/mol. The Morgan fingerprint density at radius 1 is 0.854 bits per heavy atom. The smallest absolute Gasteiger partial charge is 0.158 e. The number of imidazole rings is 1. The molecule has 8 rings (SSSR count). The van der Waals surface area contributed by atoms with E-state index in [0.717, 1.165) is 60.1 Å². The van der Waals surface area contributed by atoms with Crippen molar-refractivity contribution in [3.8, 4) is 22.7 Å². The van der Waals surface area contributed by atoms with Crippen molar-refractivity contribution in [2.45, 2.75) is 26.2 Å². The fourth-order valence-corrected chi connectivity index (χ4v) is 6.85. The van der Waals surface area contributed by atoms with Crippen molar-refractivity contribution in [2.75, 3.05) is 0 Å². The van der Waals surface area contributed by atoms with Gasteiger partial charge in [-0.3, -0.25) is 0 Å². The van der Waals surface area contributed by atoms with Gasteiger partial charge in [-0.25, -0.2) is 13.8 Å². The molecular formula is C34H25N4OPtS-. The molecule has 0 aliphatic heterocycles. The number of phenols is 1. The second-order valence-corrected chi connectivity index (χ2v) is 12.3. The molecule has 4 heterocycles. The zero-order chi connectivity index (χ0) is 27.2. The molecule has 41 heavy (non-hydrogen) atoms. The zero-order valence-electron chi connectivity index (χ0n) is 22.6. The van der Waals surface area contributed by atoms with Gasteiger partial charge in [0, 0.05) is 32.8 Å². The Kier molecular flexibility index (Phi) is 5.86. The number of hydrogen-bond acceptors (Lipinski definition) is 4. The molecule has 5 nitrogen and oxygen atoms in total. The summed E-state index contributed by atoms with van der Waals surface area (Å²) in [5.41, 5.74) is 7.99. The number of para-hydroxylation sites is 2. The van der Waals surface area contributed by atoms with Crippen molar-refractivity contribution >= 4 is 60.1 Å². The summed E-state index contributed by atoms with van der Waals surface area (Å²) in [6.07, 6.45) is 1.90. The minimum atomic E-state index is 0. The normalized spacial score (nSPS) is 12.2. The van der Waals surface area contributed by atoms with Gasteiger partial charge in [-0.05, 0) is 58.3 Å². The quantitative estimate of drug-likeness (QED) is 0.181. The fraction of sp³-hybridized carbons (Fsp3) is 0.118. The Bertz CT molecular complexity index is 2290. The molecule has 0 saturated carbocycles. The van der Waals surface area contributed by atoms with E-state index in [1.165, 1.54) is 10.9 Å². The third kappa shape index (κ3) is 3.85. The summed E-state index contributed by atoms with van der Waals surface area (Å²) in [6.45, 7) is 6.67. The van der Waals surface area contributed by atoms with E-state index >= 15 is 0 Å². The fourth-order valence-electron chi connectivity index (χ4n) is 5.76. The molecule has 0 saturated heterocycles. The molecule has 0 aliphatic rings. The number of nitrogens with zero attached hydrogens (tertiary/aromatic N) is 4. The molecule has 0 bridgehead atoms. The molecule has 1 N–H and O–H groups in total. The van der Waals surface area contributed by atoms with Gasteiger partial charge in [0.05, 0.1) is 21.1 Å². The van der Waals surface area contributed by atoms with Crippen molar-refractivity contribution in [2.24, 2.45) is 0 Å². The minimum absolute atomic E-state index is 0. The van der Waals surface area contributed by atoms with E-state index in [-0.39, 0.29) is 32.2 Å². The number of benzene rings is 4. The van der Waals surface area contributed by atoms with Crippen LogP contribution < -0.4 is 0 Å². The van der Waals surface area contributed by atoms with Crippen LogP contribution in [0.5, 0.6) is 5.75 Å². The Morgan fingerprint density at radius 3 is 2.51 bits per heavy atom. The Morgan fingerprint density at radius 2 is 1.66 bits per heavy atom. The number of aromatic nitrogens is 4. The van der Waals surface area contributed by atoms with Crippen molar-refractivity contribution < 1.29 is 26.2 Å². The van der Waals surface area contributed by atoms with Crippen LogP contribution in [0.25, 0.3) is 65.5 Å². The third-order valence-electron chi connectivity index (χ3n) is 7.78. The summed E-state index contributed by atoms with van der Waals surface area (Å²) in [5, 5.41) is 13.7. The maximum atomic E-state index is 10.6. The Labute approximate surface area is 255 Å². The first-order valence-electron chi connectivity index (χ1n) is 13.3. The molecule has 4 aromatic heterocycles. The van der Waals surface area contributed by atoms with Gasteiger partial charge >= 0.3 is 0 Å². The monoisotopic (exact) mass is 732 g/mol. The molecule has 0 aliphatic carbocycles. The molecule has 0 radical (unpaired) electrons. The summed E-state index contributed by atoms with van der Waals surface area (Å²) in [6, 6.07) is 32.7. The second-order valence-electron chi connectivity index (χ2n) is 11.3. The number of hydrogen-bond donors (Lipinski definition) is 1. The van der Waals surface area contributed by atoms with E-state index in [0.29, 0.717) is 0 Å². The van der Waals surface area contributed by atoms with Crippen LogP contribution in [0.4, 0.5) is 0 Å². The number of fused-ring (bicyclic) bond motifs is 8. The van der Waals surface area contributed by atoms with Gasteiger partial charge in [0.2, 0.25) is 0 Å². The van der Waals surface area contributed by atoms with Crippen molar-refractivity contribution in [1.29, 1.82) is 0 Å². The van der Waals surface area contributed by atoms with Crippen LogP contribution in [0.1, 0.15) is 26.3 Å². The van der Waals surface area contributed by atoms with Crippen LogP contribution in [0.3, 0.4) is 0 Å². The van der Waals surface area contributed by atoms with Crippen LogP contribution in [-0.4, -0.2) is 23.4 Å². The van der Waals surface area contributed by atoms with E-state index in [1.54, 1.807) is 17.6 Å². The van der Waals surface area contributed by atoms with Gasteiger partial charge in [0.15, 0.2) is 5.65 Å². The molecule has 0 unspecified atom stereocenters. The molecule has 0 atom stereocenters. The second kappa shape index (κ2) is 9.27. The first-order chi connectivity index (χ1) is 19.4. The molecule has 204 valence electrons. The van der Waals surface area contributed by atoms with Crippen LogP contribution in [0, 0.1) is 6.07 Å². The summed E-state index contributed by atoms with van der Waals surface area (Å²) in [7, 11) is 0. The van der Waals surface area contributed by atoms with Gasteiger partial charge in [-0.1, -0.05) is 79.7 Å². The molecule has 0 amide bonds. The zero-order valence-corrected chi connectivity index (χ0v) is 25.7. The largest absolute Gasteiger partial charge is 0.507 e. The van der Waals surface area contributed by atoms with E-state index in [1.807, 2.05) is 18.3 Å². The summed E-state index contributed by atoms with van der Waals surface area (Å²) < 4.78 is 5.35. The van der Waals surface area contributed by atoms with Crippen LogP contribution in [0.2, 0.25) is 0 Å². The van der Waals surface area contributed by atoms with Gasteiger partial charge < -0.3 is 9.67 Å². The van der Waals surface area contributed by atoms with Gasteiger partial charge in [-0.2, -0.15) is 0 Å². The van der Waals surface area contributed by atoms with Crippen LogP contribution in [-0.2, 0) is 26.5 Å². The number of aromatic hydroxyl groups is 1. The first-order valence-corrected chi connectivity index (χ1v) is 14.1. The van der Waals surface area contributed by atoms with E-state index in [4.69, 9.17) is 9.97 Å². The Hall–Kier alpha value is -3.99. The SMILES string of the molecule is CC(C)(C)c1ccnc(-n2c3[c-]c(-c4cccc5c4nc4c6c(O)cccc6sn54)ccc3c3ccccc32)c1.[Pt]. The predicted octanol–water partition coefficient (Wildman–Crippen LogP) is 8.66. The van der Waals surface area contributed by atoms with Crippen molar-refractivity contribution in [1.82, 2.24) is 18.3 Å². The van der Waals surface area contributed by atoms with E-state index < -0.39 is 0 Å². The molecule has 7 heteroatoms.